The summed E-state index contributed by atoms with van der Waals surface area (Å²) in [4.78, 5) is 26.4. The van der Waals surface area contributed by atoms with E-state index in [-0.39, 0.29) is 70.3 Å². The quantitative estimate of drug-likeness (QED) is 0.193. The van der Waals surface area contributed by atoms with Crippen molar-refractivity contribution in [2.24, 2.45) is 46.8 Å². The van der Waals surface area contributed by atoms with Crippen molar-refractivity contribution in [3.05, 3.63) is 0 Å². The number of Topliss-reactive ketones (excluding diaryl/α,β-unsaturated/α-hetero) is 2. The van der Waals surface area contributed by atoms with Gasteiger partial charge in [-0.3, -0.25) is 9.59 Å². The molecule has 0 aromatic carbocycles. The van der Waals surface area contributed by atoms with Crippen LogP contribution in [0, 0.1) is 46.8 Å². The number of alkyl halides is 14. The van der Waals surface area contributed by atoms with Crippen LogP contribution in [0.15, 0.2) is 0 Å². The lowest BCUT2D eigenvalue weighted by Gasteiger charge is -2.51. The lowest BCUT2D eigenvalue weighted by atomic mass is 9.57. The second-order valence-corrected chi connectivity index (χ2v) is 19.0. The molecule has 6 aliphatic rings. The van der Waals surface area contributed by atoms with E-state index >= 15 is 17.6 Å². The topological polar surface area (TPSA) is 61.8 Å². The Morgan fingerprint density at radius 1 is 0.419 bits per heavy atom. The predicted molar refractivity (Wildman–Crippen MR) is 196 cm³/mol. The highest BCUT2D eigenvalue weighted by molar-refractivity contribution is 5.85. The van der Waals surface area contributed by atoms with Crippen molar-refractivity contribution in [2.45, 2.75) is 202 Å². The van der Waals surface area contributed by atoms with Crippen molar-refractivity contribution in [2.75, 3.05) is 7.11 Å². The molecule has 0 heterocycles. The molecule has 0 spiro atoms. The summed E-state index contributed by atoms with van der Waals surface area (Å²) in [6.45, 7) is 1.05. The molecule has 8 atom stereocenters. The average Bonchev–Trinajstić information content (AvgIpc) is 3.23. The lowest BCUT2D eigenvalue weighted by molar-refractivity contribution is -0.383. The Hall–Kier alpha value is -1.76. The fourth-order valence-electron chi connectivity index (χ4n) is 12.0. The molecule has 0 aromatic heterocycles. The van der Waals surface area contributed by atoms with Gasteiger partial charge in [-0.25, -0.2) is 35.1 Å². The number of halogens is 14. The van der Waals surface area contributed by atoms with Crippen LogP contribution in [-0.4, -0.2) is 111 Å². The van der Waals surface area contributed by atoms with Gasteiger partial charge in [0.15, 0.2) is 17.8 Å². The summed E-state index contributed by atoms with van der Waals surface area (Å²) in [5, 5.41) is 0. The zero-order valence-electron chi connectivity index (χ0n) is 34.7. The molecule has 0 bridgehead atoms. The largest absolute Gasteiger partial charge is 0.403 e. The summed E-state index contributed by atoms with van der Waals surface area (Å²) in [6.07, 6.45) is -38.6. The molecule has 19 heteroatoms. The number of ketones is 2. The summed E-state index contributed by atoms with van der Waals surface area (Å²) < 4.78 is 225. The molecule has 0 amide bonds. The Labute approximate surface area is 352 Å². The molecule has 6 rings (SSSR count). The first-order valence-electron chi connectivity index (χ1n) is 22.2. The average molecular weight is 921 g/mol. The summed E-state index contributed by atoms with van der Waals surface area (Å²) in [7, 11) is 1.33. The van der Waals surface area contributed by atoms with Crippen molar-refractivity contribution in [3.8, 4) is 0 Å². The van der Waals surface area contributed by atoms with Crippen LogP contribution in [-0.2, 0) is 23.8 Å². The standard InChI is InChI=1S/C43H58F14O5/c1-19-30(44)32(46)28(33(47)31(19)45)38(58)20-3-11-25(12-4-20)61-26-13-5-21(6-14-26)39(59)29-34(48)36(50)40(37(51)35(29)49)62-27-17-9-23(10-18-27)41(42(52,53)54,43(55,56)57)22-7-15-24(60-2)16-8-22/h19-37,40H,3-18H2,1-2H3. The van der Waals surface area contributed by atoms with Crippen LogP contribution in [0.2, 0.25) is 0 Å². The van der Waals surface area contributed by atoms with E-state index in [0.717, 1.165) is 6.92 Å². The summed E-state index contributed by atoms with van der Waals surface area (Å²) >= 11 is 0. The minimum Gasteiger partial charge on any atom is -0.381 e. The molecule has 0 aromatic rings. The van der Waals surface area contributed by atoms with Crippen molar-refractivity contribution >= 4 is 11.6 Å². The van der Waals surface area contributed by atoms with Gasteiger partial charge in [-0.15, -0.1) is 0 Å². The molecule has 0 aliphatic heterocycles. The molecule has 6 saturated carbocycles. The summed E-state index contributed by atoms with van der Waals surface area (Å²) in [5.41, 5.74) is -4.04. The highest BCUT2D eigenvalue weighted by Gasteiger charge is 2.76. The summed E-state index contributed by atoms with van der Waals surface area (Å²) in [5.74, 6) is -13.2. The third kappa shape index (κ3) is 9.43. The van der Waals surface area contributed by atoms with E-state index in [1.807, 2.05) is 0 Å². The molecule has 6 aliphatic carbocycles. The highest BCUT2D eigenvalue weighted by Crippen LogP contribution is 2.65. The van der Waals surface area contributed by atoms with Gasteiger partial charge in [0.2, 0.25) is 0 Å². The fourth-order valence-corrected chi connectivity index (χ4v) is 12.0. The van der Waals surface area contributed by atoms with E-state index in [2.05, 4.69) is 0 Å². The second kappa shape index (κ2) is 19.6. The van der Waals surface area contributed by atoms with E-state index in [0.29, 0.717) is 12.8 Å². The van der Waals surface area contributed by atoms with E-state index in [1.54, 1.807) is 0 Å². The zero-order chi connectivity index (χ0) is 45.6. The molecular weight excluding hydrogens is 862 g/mol. The highest BCUT2D eigenvalue weighted by atomic mass is 19.4. The number of carbonyl (C=O) groups is 2. The van der Waals surface area contributed by atoms with Crippen LogP contribution >= 0.6 is 0 Å². The molecule has 5 nitrogen and oxygen atoms in total. The molecule has 6 fully saturated rings. The van der Waals surface area contributed by atoms with Crippen LogP contribution in [0.5, 0.6) is 0 Å². The van der Waals surface area contributed by atoms with Crippen LogP contribution in [0.25, 0.3) is 0 Å². The molecule has 8 unspecified atom stereocenters. The number of hydrogen-bond acceptors (Lipinski definition) is 5. The van der Waals surface area contributed by atoms with Crippen LogP contribution < -0.4 is 0 Å². The van der Waals surface area contributed by atoms with Gasteiger partial charge in [0.1, 0.15) is 54.7 Å². The van der Waals surface area contributed by atoms with E-state index in [1.165, 1.54) is 7.11 Å². The normalized spacial score (nSPS) is 45.4. The van der Waals surface area contributed by atoms with Gasteiger partial charge in [-0.05, 0) is 115 Å². The van der Waals surface area contributed by atoms with Crippen molar-refractivity contribution in [1.82, 2.24) is 0 Å². The van der Waals surface area contributed by atoms with E-state index < -0.39 is 170 Å². The van der Waals surface area contributed by atoms with Crippen LogP contribution in [0.1, 0.15) is 110 Å². The first-order chi connectivity index (χ1) is 29.0. The Balaban J connectivity index is 0.980. The van der Waals surface area contributed by atoms with Crippen molar-refractivity contribution < 1.29 is 85.3 Å². The van der Waals surface area contributed by atoms with E-state index in [4.69, 9.17) is 14.2 Å². The van der Waals surface area contributed by atoms with Gasteiger partial charge < -0.3 is 14.2 Å². The number of hydrogen-bond donors (Lipinski definition) is 0. The van der Waals surface area contributed by atoms with Gasteiger partial charge in [0.05, 0.1) is 36.3 Å². The number of methoxy groups -OCH3 is 1. The SMILES string of the molecule is COC1CCC(C(C2CCC(OC3C(F)C(F)C(C(=O)C4CCC(OC5CCC(C(=O)C6C(F)C(F)C(C)C(F)C6F)CC5)CC4)C(F)C3F)CC2)(C(F)(F)F)C(F)(F)F)CC1. The van der Waals surface area contributed by atoms with Gasteiger partial charge in [0, 0.05) is 24.9 Å². The first-order valence-corrected chi connectivity index (χ1v) is 22.2. The Kier molecular flexibility index (Phi) is 15.7. The fraction of sp³-hybridized carbons (Fsp3) is 0.953. The van der Waals surface area contributed by atoms with Gasteiger partial charge >= 0.3 is 12.4 Å². The number of ether oxygens (including phenoxy) is 3. The smallest absolute Gasteiger partial charge is 0.381 e. The maximum Gasteiger partial charge on any atom is 0.403 e. The van der Waals surface area contributed by atoms with Gasteiger partial charge in [0.25, 0.3) is 0 Å². The zero-order valence-corrected chi connectivity index (χ0v) is 34.7. The Morgan fingerprint density at radius 3 is 1.06 bits per heavy atom. The molecule has 0 radical (unpaired) electrons. The number of rotatable bonds is 11. The lowest BCUT2D eigenvalue weighted by Crippen LogP contribution is -2.61. The van der Waals surface area contributed by atoms with Crippen LogP contribution in [0.4, 0.5) is 61.5 Å². The maximum absolute atomic E-state index is 15.6. The first kappa shape index (κ1) is 49.7. The molecule has 62 heavy (non-hydrogen) atoms. The second-order valence-electron chi connectivity index (χ2n) is 19.0. The third-order valence-electron chi connectivity index (χ3n) is 15.7. The minimum absolute atomic E-state index is 0.0126. The van der Waals surface area contributed by atoms with Crippen LogP contribution in [0.3, 0.4) is 0 Å². The number of carbonyl (C=O) groups excluding carboxylic acids is 2. The molecular formula is C43H58F14O5. The monoisotopic (exact) mass is 920 g/mol. The minimum atomic E-state index is -5.67. The maximum atomic E-state index is 15.6. The third-order valence-corrected chi connectivity index (χ3v) is 15.7. The molecule has 358 valence electrons. The Bertz CT molecular complexity index is 1440. The van der Waals surface area contributed by atoms with Gasteiger partial charge in [-0.1, -0.05) is 6.92 Å². The van der Waals surface area contributed by atoms with Crippen molar-refractivity contribution in [1.29, 1.82) is 0 Å². The van der Waals surface area contributed by atoms with E-state index in [9.17, 15) is 53.5 Å². The Morgan fingerprint density at radius 2 is 0.726 bits per heavy atom. The van der Waals surface area contributed by atoms with Gasteiger partial charge in [-0.2, -0.15) is 26.3 Å². The summed E-state index contributed by atoms with van der Waals surface area (Å²) in [6, 6.07) is 0. The molecule has 0 saturated heterocycles. The predicted octanol–water partition coefficient (Wildman–Crippen LogP) is 11.1. The van der Waals surface area contributed by atoms with Crippen molar-refractivity contribution in [3.63, 3.8) is 0 Å². The molecule has 0 N–H and O–H groups in total.